The minimum absolute atomic E-state index is 0.0983. The van der Waals surface area contributed by atoms with Crippen molar-refractivity contribution in [1.29, 1.82) is 0 Å². The molecular weight excluding hydrogens is 536 g/mol. The Labute approximate surface area is 236 Å². The molecule has 0 N–H and O–H groups in total. The number of aldehydes is 2. The lowest BCUT2D eigenvalue weighted by molar-refractivity contribution is -0.139. The molecule has 0 saturated carbocycles. The van der Waals surface area contributed by atoms with E-state index in [-0.39, 0.29) is 30.2 Å². The van der Waals surface area contributed by atoms with Crippen molar-refractivity contribution in [3.8, 4) is 11.5 Å². The first-order valence-electron chi connectivity index (χ1n) is 12.5. The lowest BCUT2D eigenvalue weighted by Gasteiger charge is -2.14. The van der Waals surface area contributed by atoms with E-state index < -0.39 is 0 Å². The fourth-order valence-electron chi connectivity index (χ4n) is 4.05. The third kappa shape index (κ3) is 7.89. The average Bonchev–Trinajstić information content (AvgIpc) is 3.47. The topological polar surface area (TPSA) is 127 Å². The molecule has 210 valence electrons. The Kier molecular flexibility index (Phi) is 11.2. The van der Waals surface area contributed by atoms with Gasteiger partial charge in [-0.2, -0.15) is 0 Å². The SMILES string of the molecule is COc1cc(C=O)ccc1/C=C/CN1C(=O)CCC1=O.COc1cc(C=O)ccc1SCCN1C(=O)CCC1=O. The Morgan fingerprint density at radius 2 is 1.27 bits per heavy atom. The summed E-state index contributed by atoms with van der Waals surface area (Å²) in [6.07, 6.45) is 6.25. The highest BCUT2D eigenvalue weighted by Gasteiger charge is 2.28. The molecule has 2 aliphatic rings. The molecule has 2 fully saturated rings. The van der Waals surface area contributed by atoms with Crippen LogP contribution >= 0.6 is 11.8 Å². The van der Waals surface area contributed by atoms with Gasteiger partial charge in [0.25, 0.3) is 0 Å². The summed E-state index contributed by atoms with van der Waals surface area (Å²) >= 11 is 1.49. The highest BCUT2D eigenvalue weighted by Crippen LogP contribution is 2.30. The van der Waals surface area contributed by atoms with Gasteiger partial charge >= 0.3 is 0 Å². The second kappa shape index (κ2) is 14.8. The van der Waals surface area contributed by atoms with Crippen molar-refractivity contribution >= 4 is 54.0 Å². The number of carbonyl (C=O) groups is 6. The molecule has 11 heteroatoms. The van der Waals surface area contributed by atoms with Crippen molar-refractivity contribution in [1.82, 2.24) is 9.80 Å². The number of nitrogens with zero attached hydrogens (tertiary/aromatic N) is 2. The number of amides is 4. The zero-order chi connectivity index (χ0) is 29.1. The number of rotatable bonds is 11. The van der Waals surface area contributed by atoms with E-state index in [1.54, 1.807) is 55.7 Å². The summed E-state index contributed by atoms with van der Waals surface area (Å²) in [6.45, 7) is 0.664. The predicted molar refractivity (Wildman–Crippen MR) is 148 cm³/mol. The first-order valence-corrected chi connectivity index (χ1v) is 13.5. The largest absolute Gasteiger partial charge is 0.496 e. The van der Waals surface area contributed by atoms with Gasteiger partial charge in [-0.05, 0) is 18.2 Å². The molecule has 0 spiro atoms. The maximum atomic E-state index is 11.5. The number of ether oxygens (including phenoxy) is 2. The van der Waals surface area contributed by atoms with Crippen LogP contribution in [0, 0.1) is 0 Å². The molecule has 40 heavy (non-hydrogen) atoms. The standard InChI is InChI=1S/C15H15NO4.C14H15NO4S/c1-20-13-9-11(10-17)4-5-12(13)3-2-8-16-14(18)6-7-15(16)19;1-19-11-8-10(9-16)2-3-12(11)20-7-6-15-13(17)4-5-14(15)18/h2-5,9-10H,6-8H2,1H3;2-3,8-9H,4-7H2,1H3/b3-2+;. The molecule has 10 nitrogen and oxygen atoms in total. The van der Waals surface area contributed by atoms with Crippen LogP contribution in [0.5, 0.6) is 11.5 Å². The molecule has 4 amide bonds. The van der Waals surface area contributed by atoms with Crippen LogP contribution in [-0.4, -0.2) is 79.1 Å². The van der Waals surface area contributed by atoms with E-state index in [9.17, 15) is 28.8 Å². The van der Waals surface area contributed by atoms with Gasteiger partial charge in [0.1, 0.15) is 24.1 Å². The quantitative estimate of drug-likeness (QED) is 0.228. The highest BCUT2D eigenvalue weighted by molar-refractivity contribution is 7.99. The molecule has 0 bridgehead atoms. The number of hydrogen-bond acceptors (Lipinski definition) is 9. The number of thioether (sulfide) groups is 1. The van der Waals surface area contributed by atoms with Crippen LogP contribution in [0.3, 0.4) is 0 Å². The van der Waals surface area contributed by atoms with Gasteiger partial charge in [-0.25, -0.2) is 0 Å². The summed E-state index contributed by atoms with van der Waals surface area (Å²) in [7, 11) is 3.07. The highest BCUT2D eigenvalue weighted by atomic mass is 32.2. The van der Waals surface area contributed by atoms with Crippen LogP contribution in [0.15, 0.2) is 47.4 Å². The van der Waals surface area contributed by atoms with Crippen LogP contribution in [0.4, 0.5) is 0 Å². The van der Waals surface area contributed by atoms with Crippen molar-refractivity contribution in [2.24, 2.45) is 0 Å². The van der Waals surface area contributed by atoms with Crippen LogP contribution in [0.2, 0.25) is 0 Å². The van der Waals surface area contributed by atoms with E-state index in [1.807, 2.05) is 0 Å². The van der Waals surface area contributed by atoms with Gasteiger partial charge in [-0.3, -0.25) is 38.6 Å². The van der Waals surface area contributed by atoms with E-state index in [4.69, 9.17) is 9.47 Å². The second-order valence-electron chi connectivity index (χ2n) is 8.74. The van der Waals surface area contributed by atoms with Crippen molar-refractivity contribution in [2.45, 2.75) is 30.6 Å². The summed E-state index contributed by atoms with van der Waals surface area (Å²) in [4.78, 5) is 70.6. The summed E-state index contributed by atoms with van der Waals surface area (Å²) < 4.78 is 10.4. The molecule has 2 aromatic rings. The van der Waals surface area contributed by atoms with Crippen molar-refractivity contribution in [2.75, 3.05) is 33.1 Å². The molecule has 2 heterocycles. The third-order valence-corrected chi connectivity index (χ3v) is 7.22. The molecule has 4 rings (SSSR count). The normalized spacial score (nSPS) is 14.9. The average molecular weight is 567 g/mol. The molecule has 0 atom stereocenters. The molecule has 0 unspecified atom stereocenters. The van der Waals surface area contributed by atoms with Crippen LogP contribution in [-0.2, 0) is 19.2 Å². The predicted octanol–water partition coefficient (Wildman–Crippen LogP) is 3.42. The zero-order valence-electron chi connectivity index (χ0n) is 22.3. The first-order chi connectivity index (χ1) is 19.3. The first kappa shape index (κ1) is 30.3. The number of hydrogen-bond donors (Lipinski definition) is 0. The van der Waals surface area contributed by atoms with Crippen molar-refractivity contribution in [3.05, 3.63) is 59.2 Å². The number of carbonyl (C=O) groups excluding carboxylic acids is 6. The minimum atomic E-state index is -0.136. The van der Waals surface area contributed by atoms with Gasteiger partial charge in [0.2, 0.25) is 23.6 Å². The lowest BCUT2D eigenvalue weighted by atomic mass is 10.1. The minimum Gasteiger partial charge on any atom is -0.496 e. The maximum Gasteiger partial charge on any atom is 0.229 e. The van der Waals surface area contributed by atoms with Crippen molar-refractivity contribution < 1.29 is 38.2 Å². The fourth-order valence-corrected chi connectivity index (χ4v) is 4.99. The van der Waals surface area contributed by atoms with Crippen molar-refractivity contribution in [3.63, 3.8) is 0 Å². The van der Waals surface area contributed by atoms with Crippen LogP contribution < -0.4 is 9.47 Å². The number of imide groups is 2. The van der Waals surface area contributed by atoms with Gasteiger partial charge in [0.15, 0.2) is 0 Å². The number of methoxy groups -OCH3 is 2. The molecular formula is C29H30N2O8S. The Morgan fingerprint density at radius 3 is 1.82 bits per heavy atom. The Morgan fingerprint density at radius 1 is 0.750 bits per heavy atom. The zero-order valence-corrected chi connectivity index (χ0v) is 23.1. The monoisotopic (exact) mass is 566 g/mol. The Balaban J connectivity index is 0.000000220. The van der Waals surface area contributed by atoms with Gasteiger partial charge in [-0.1, -0.05) is 30.4 Å². The summed E-state index contributed by atoms with van der Waals surface area (Å²) in [5.74, 6) is 1.33. The third-order valence-electron chi connectivity index (χ3n) is 6.18. The molecule has 2 aliphatic heterocycles. The maximum absolute atomic E-state index is 11.5. The molecule has 2 saturated heterocycles. The van der Waals surface area contributed by atoms with Crippen LogP contribution in [0.1, 0.15) is 52.0 Å². The Bertz CT molecular complexity index is 1290. The molecule has 0 radical (unpaired) electrons. The molecule has 0 aromatic heterocycles. The smallest absolute Gasteiger partial charge is 0.229 e. The second-order valence-corrected chi connectivity index (χ2v) is 9.87. The van der Waals surface area contributed by atoms with E-state index in [1.165, 1.54) is 28.7 Å². The summed E-state index contributed by atoms with van der Waals surface area (Å²) in [5.41, 5.74) is 1.87. The van der Waals surface area contributed by atoms with Gasteiger partial charge in [-0.15, -0.1) is 11.8 Å². The van der Waals surface area contributed by atoms with Gasteiger partial charge in [0.05, 0.1) is 14.2 Å². The molecule has 2 aromatic carbocycles. The Hall–Kier alpha value is -4.25. The van der Waals surface area contributed by atoms with E-state index in [0.717, 1.165) is 23.0 Å². The molecule has 0 aliphatic carbocycles. The van der Waals surface area contributed by atoms with E-state index in [0.29, 0.717) is 60.6 Å². The number of benzene rings is 2. The van der Waals surface area contributed by atoms with E-state index >= 15 is 0 Å². The number of likely N-dealkylation sites (tertiary alicyclic amines) is 2. The van der Waals surface area contributed by atoms with Gasteiger partial charge < -0.3 is 9.47 Å². The summed E-state index contributed by atoms with van der Waals surface area (Å²) in [5, 5.41) is 0. The fraction of sp³-hybridized carbons (Fsp3) is 0.310. The van der Waals surface area contributed by atoms with Crippen LogP contribution in [0.25, 0.3) is 6.08 Å². The summed E-state index contributed by atoms with van der Waals surface area (Å²) in [6, 6.07) is 10.3. The van der Waals surface area contributed by atoms with Gasteiger partial charge in [0, 0.05) is 66.1 Å². The lowest BCUT2D eigenvalue weighted by Crippen LogP contribution is -2.31. The van der Waals surface area contributed by atoms with E-state index in [2.05, 4.69) is 0 Å².